The van der Waals surface area contributed by atoms with E-state index in [1.165, 1.54) is 10.5 Å². The molecule has 2 aromatic carbocycles. The second kappa shape index (κ2) is 19.0. The summed E-state index contributed by atoms with van der Waals surface area (Å²) in [5, 5.41) is 5.74. The molecule has 10 nitrogen and oxygen atoms in total. The summed E-state index contributed by atoms with van der Waals surface area (Å²) in [6.45, 7) is 7.94. The van der Waals surface area contributed by atoms with Crippen LogP contribution in [0.15, 0.2) is 54.6 Å². The quantitative estimate of drug-likeness (QED) is 0.167. The van der Waals surface area contributed by atoms with Crippen LogP contribution in [0.1, 0.15) is 49.8 Å². The summed E-state index contributed by atoms with van der Waals surface area (Å²) in [7, 11) is 2.12. The van der Waals surface area contributed by atoms with Crippen molar-refractivity contribution in [1.29, 1.82) is 0 Å². The van der Waals surface area contributed by atoms with Gasteiger partial charge in [0.25, 0.3) is 0 Å². The van der Waals surface area contributed by atoms with Crippen molar-refractivity contribution in [2.75, 3.05) is 39.8 Å². The number of hydrogen-bond donors (Lipinski definition) is 5. The number of nitrogens with one attached hydrogen (secondary N) is 2. The summed E-state index contributed by atoms with van der Waals surface area (Å²) in [5.41, 5.74) is 20.5. The molecule has 3 amide bonds. The van der Waals surface area contributed by atoms with Gasteiger partial charge in [-0.2, -0.15) is 0 Å². The van der Waals surface area contributed by atoms with Crippen LogP contribution in [0.5, 0.6) is 0 Å². The molecule has 0 fully saturated rings. The number of rotatable bonds is 19. The lowest BCUT2D eigenvalue weighted by Gasteiger charge is -2.24. The van der Waals surface area contributed by atoms with Crippen molar-refractivity contribution >= 4 is 17.7 Å². The van der Waals surface area contributed by atoms with Crippen molar-refractivity contribution in [3.05, 3.63) is 71.3 Å². The van der Waals surface area contributed by atoms with E-state index >= 15 is 0 Å². The number of benzene rings is 2. The number of hydrogen-bond acceptors (Lipinski definition) is 7. The normalized spacial score (nSPS) is 12.7. The second-order valence-corrected chi connectivity index (χ2v) is 11.3. The monoisotopic (exact) mass is 581 g/mol. The first kappa shape index (κ1) is 34.9. The molecule has 2 unspecified atom stereocenters. The van der Waals surface area contributed by atoms with Gasteiger partial charge in [-0.05, 0) is 55.5 Å². The zero-order chi connectivity index (χ0) is 30.9. The van der Waals surface area contributed by atoms with Crippen LogP contribution in [0, 0.1) is 5.92 Å². The van der Waals surface area contributed by atoms with Gasteiger partial charge >= 0.3 is 0 Å². The third-order valence-electron chi connectivity index (χ3n) is 7.11. The molecule has 0 radical (unpaired) electrons. The Hall–Kier alpha value is -3.31. The highest BCUT2D eigenvalue weighted by molar-refractivity contribution is 5.92. The molecule has 2 rings (SSSR count). The Kier molecular flexibility index (Phi) is 15.8. The summed E-state index contributed by atoms with van der Waals surface area (Å²) in [6.07, 6.45) is 1.94. The van der Waals surface area contributed by atoms with Crippen LogP contribution in [0.3, 0.4) is 0 Å². The summed E-state index contributed by atoms with van der Waals surface area (Å²) in [4.78, 5) is 42.7. The largest absolute Gasteiger partial charge is 0.350 e. The van der Waals surface area contributed by atoms with Gasteiger partial charge in [0.15, 0.2) is 0 Å². The highest BCUT2D eigenvalue weighted by atomic mass is 16.2. The fraction of sp³-hybridized carbons (Fsp3) is 0.531. The molecule has 0 aliphatic carbocycles. The van der Waals surface area contributed by atoms with Crippen LogP contribution < -0.4 is 27.8 Å². The maximum absolute atomic E-state index is 13.3. The Morgan fingerprint density at radius 3 is 2.02 bits per heavy atom. The van der Waals surface area contributed by atoms with Gasteiger partial charge in [0.2, 0.25) is 17.7 Å². The maximum atomic E-state index is 13.3. The van der Waals surface area contributed by atoms with Gasteiger partial charge in [-0.1, -0.05) is 68.4 Å². The minimum absolute atomic E-state index is 0.197. The third kappa shape index (κ3) is 13.1. The predicted molar refractivity (Wildman–Crippen MR) is 168 cm³/mol. The molecule has 8 N–H and O–H groups in total. The van der Waals surface area contributed by atoms with Crippen LogP contribution in [0.25, 0.3) is 0 Å². The Balaban J connectivity index is 1.99. The zero-order valence-corrected chi connectivity index (χ0v) is 25.6. The molecule has 0 saturated carbocycles. The number of aryl methyl sites for hydroxylation is 1. The Morgan fingerprint density at radius 2 is 1.43 bits per heavy atom. The SMILES string of the molecule is CC(C)CCN(C)Cc1ccc(CNC(=O)C(CCc2ccccc2)NC(=O)C(N)CC(=O)N(CCN)CCN)cc1. The summed E-state index contributed by atoms with van der Waals surface area (Å²) in [6, 6.07) is 16.0. The van der Waals surface area contributed by atoms with E-state index < -0.39 is 18.0 Å². The summed E-state index contributed by atoms with van der Waals surface area (Å²) >= 11 is 0. The fourth-order valence-electron chi connectivity index (χ4n) is 4.53. The minimum Gasteiger partial charge on any atom is -0.350 e. The van der Waals surface area contributed by atoms with Crippen molar-refractivity contribution < 1.29 is 14.4 Å². The lowest BCUT2D eigenvalue weighted by atomic mass is 10.0. The van der Waals surface area contributed by atoms with Crippen LogP contribution in [0.2, 0.25) is 0 Å². The smallest absolute Gasteiger partial charge is 0.242 e. The summed E-state index contributed by atoms with van der Waals surface area (Å²) < 4.78 is 0. The fourth-order valence-corrected chi connectivity index (χ4v) is 4.53. The number of amides is 3. The van der Waals surface area contributed by atoms with Crippen LogP contribution in [0.4, 0.5) is 0 Å². The van der Waals surface area contributed by atoms with Gasteiger partial charge < -0.3 is 37.6 Å². The molecule has 0 aromatic heterocycles. The van der Waals surface area contributed by atoms with Crippen molar-refractivity contribution in [3.63, 3.8) is 0 Å². The van der Waals surface area contributed by atoms with E-state index in [0.717, 1.165) is 30.6 Å². The van der Waals surface area contributed by atoms with Gasteiger partial charge in [-0.3, -0.25) is 14.4 Å². The molecular weight excluding hydrogens is 530 g/mol. The highest BCUT2D eigenvalue weighted by Gasteiger charge is 2.26. The van der Waals surface area contributed by atoms with Crippen LogP contribution >= 0.6 is 0 Å². The molecular formula is C32H51N7O3. The molecule has 2 atom stereocenters. The zero-order valence-electron chi connectivity index (χ0n) is 25.6. The Bertz CT molecular complexity index is 1070. The first-order valence-corrected chi connectivity index (χ1v) is 14.9. The van der Waals surface area contributed by atoms with E-state index in [1.54, 1.807) is 0 Å². The average Bonchev–Trinajstić information content (AvgIpc) is 2.97. The number of nitrogens with two attached hydrogens (primary N) is 3. The van der Waals surface area contributed by atoms with Gasteiger partial charge in [-0.15, -0.1) is 0 Å². The van der Waals surface area contributed by atoms with Crippen molar-refractivity contribution in [2.45, 2.75) is 64.7 Å². The van der Waals surface area contributed by atoms with E-state index in [4.69, 9.17) is 17.2 Å². The van der Waals surface area contributed by atoms with Crippen LogP contribution in [-0.2, 0) is 33.9 Å². The molecule has 0 spiro atoms. The standard InChI is InChI=1S/C32H51N7O3/c1-24(2)15-18-38(3)23-27-11-9-26(10-12-27)22-36-32(42)29(14-13-25-7-5-4-6-8-25)37-31(41)28(35)21-30(40)39(19-16-33)20-17-34/h4-12,24,28-29H,13-23,33-35H2,1-3H3,(H,36,42)(H,37,41). The van der Waals surface area contributed by atoms with E-state index in [0.29, 0.717) is 38.4 Å². The molecule has 0 aliphatic heterocycles. The molecule has 0 aliphatic rings. The highest BCUT2D eigenvalue weighted by Crippen LogP contribution is 2.10. The van der Waals surface area contributed by atoms with Crippen molar-refractivity contribution in [2.24, 2.45) is 23.1 Å². The van der Waals surface area contributed by atoms with E-state index in [-0.39, 0.29) is 31.3 Å². The Labute approximate surface area is 251 Å². The third-order valence-corrected chi connectivity index (χ3v) is 7.11. The molecule has 10 heteroatoms. The van der Waals surface area contributed by atoms with Gasteiger partial charge in [0.1, 0.15) is 6.04 Å². The van der Waals surface area contributed by atoms with Crippen molar-refractivity contribution in [3.8, 4) is 0 Å². The average molecular weight is 582 g/mol. The van der Waals surface area contributed by atoms with E-state index in [2.05, 4.69) is 48.6 Å². The van der Waals surface area contributed by atoms with Gasteiger partial charge in [-0.25, -0.2) is 0 Å². The second-order valence-electron chi connectivity index (χ2n) is 11.3. The summed E-state index contributed by atoms with van der Waals surface area (Å²) in [5.74, 6) is -0.481. The van der Waals surface area contributed by atoms with Gasteiger partial charge in [0, 0.05) is 39.3 Å². The predicted octanol–water partition coefficient (Wildman–Crippen LogP) is 1.36. The Morgan fingerprint density at radius 1 is 0.810 bits per heavy atom. The van der Waals surface area contributed by atoms with E-state index in [9.17, 15) is 14.4 Å². The maximum Gasteiger partial charge on any atom is 0.242 e. The first-order chi connectivity index (χ1) is 20.1. The molecule has 2 aromatic rings. The first-order valence-electron chi connectivity index (χ1n) is 14.9. The molecule has 42 heavy (non-hydrogen) atoms. The number of nitrogens with zero attached hydrogens (tertiary/aromatic N) is 2. The van der Waals surface area contributed by atoms with Crippen molar-refractivity contribution in [1.82, 2.24) is 20.4 Å². The van der Waals surface area contributed by atoms with E-state index in [1.807, 2.05) is 42.5 Å². The molecule has 0 saturated heterocycles. The van der Waals surface area contributed by atoms with Crippen LogP contribution in [-0.4, -0.2) is 79.4 Å². The van der Waals surface area contributed by atoms with Gasteiger partial charge in [0.05, 0.1) is 12.5 Å². The molecule has 0 heterocycles. The number of carbonyl (C=O) groups excluding carboxylic acids is 3. The minimum atomic E-state index is -1.10. The molecule has 232 valence electrons. The topological polar surface area (TPSA) is 160 Å². The molecule has 0 bridgehead atoms. The lowest BCUT2D eigenvalue weighted by molar-refractivity contribution is -0.135. The lowest BCUT2D eigenvalue weighted by Crippen LogP contribution is -2.53. The number of carbonyl (C=O) groups is 3.